The Labute approximate surface area is 204 Å². The summed E-state index contributed by atoms with van der Waals surface area (Å²) >= 11 is 0. The highest BCUT2D eigenvalue weighted by Gasteiger charge is 2.25. The van der Waals surface area contributed by atoms with Crippen molar-refractivity contribution in [3.63, 3.8) is 0 Å². The maximum atomic E-state index is 6.49. The normalized spacial score (nSPS) is 18.8. The lowest BCUT2D eigenvalue weighted by molar-refractivity contribution is -0.138. The Morgan fingerprint density at radius 1 is 0.824 bits per heavy atom. The molecule has 1 saturated heterocycles. The van der Waals surface area contributed by atoms with Gasteiger partial charge < -0.3 is 19.5 Å². The molecule has 3 aromatic carbocycles. The van der Waals surface area contributed by atoms with E-state index in [0.717, 1.165) is 19.4 Å². The summed E-state index contributed by atoms with van der Waals surface area (Å²) in [6.07, 6.45) is 1.96. The van der Waals surface area contributed by atoms with E-state index in [1.54, 1.807) is 0 Å². The third kappa shape index (κ3) is 7.51. The van der Waals surface area contributed by atoms with Crippen LogP contribution in [0.25, 0.3) is 0 Å². The lowest BCUT2D eigenvalue weighted by Gasteiger charge is -2.33. The Balaban J connectivity index is 1.25. The van der Waals surface area contributed by atoms with Crippen LogP contribution in [0, 0.1) is 0 Å². The van der Waals surface area contributed by atoms with E-state index in [-0.39, 0.29) is 23.9 Å². The average molecular weight is 460 g/mol. The van der Waals surface area contributed by atoms with Crippen molar-refractivity contribution < 1.29 is 14.2 Å². The summed E-state index contributed by atoms with van der Waals surface area (Å²) in [5.41, 5.74) is 3.46. The van der Waals surface area contributed by atoms with Crippen LogP contribution in [0.4, 0.5) is 0 Å². The molecule has 1 aliphatic heterocycles. The molecule has 2 unspecified atom stereocenters. The maximum Gasteiger partial charge on any atom is 0.108 e. The van der Waals surface area contributed by atoms with Gasteiger partial charge in [-0.05, 0) is 43.5 Å². The Kier molecular flexibility index (Phi) is 8.89. The minimum atomic E-state index is -0.166. The molecule has 0 aromatic heterocycles. The molecule has 180 valence electrons. The SMILES string of the molecule is CC(C)(COC(c1ccccc1)c1ccccc1)NCCC1COCC(Cc2ccccc2)O1. The van der Waals surface area contributed by atoms with Crippen molar-refractivity contribution in [2.75, 3.05) is 26.4 Å². The molecule has 1 heterocycles. The predicted molar refractivity (Wildman–Crippen MR) is 137 cm³/mol. The van der Waals surface area contributed by atoms with E-state index >= 15 is 0 Å². The smallest absolute Gasteiger partial charge is 0.108 e. The van der Waals surface area contributed by atoms with E-state index in [4.69, 9.17) is 14.2 Å². The van der Waals surface area contributed by atoms with Crippen LogP contribution in [0.3, 0.4) is 0 Å². The second-order valence-electron chi connectivity index (χ2n) is 9.72. The second-order valence-corrected chi connectivity index (χ2v) is 9.72. The van der Waals surface area contributed by atoms with Crippen LogP contribution in [0.15, 0.2) is 91.0 Å². The molecule has 0 radical (unpaired) electrons. The van der Waals surface area contributed by atoms with Crippen LogP contribution in [0.1, 0.15) is 43.1 Å². The molecule has 0 bridgehead atoms. The van der Waals surface area contributed by atoms with E-state index < -0.39 is 0 Å². The van der Waals surface area contributed by atoms with Gasteiger partial charge in [0.15, 0.2) is 0 Å². The fraction of sp³-hybridized carbons (Fsp3) is 0.400. The molecule has 3 aromatic rings. The Morgan fingerprint density at radius 3 is 2.00 bits per heavy atom. The van der Waals surface area contributed by atoms with Crippen molar-refractivity contribution in [3.8, 4) is 0 Å². The maximum absolute atomic E-state index is 6.49. The zero-order valence-electron chi connectivity index (χ0n) is 20.4. The summed E-state index contributed by atoms with van der Waals surface area (Å²) in [5.74, 6) is 0. The van der Waals surface area contributed by atoms with Gasteiger partial charge >= 0.3 is 0 Å². The number of nitrogens with one attached hydrogen (secondary N) is 1. The van der Waals surface area contributed by atoms with E-state index in [9.17, 15) is 0 Å². The molecule has 4 rings (SSSR count). The third-order valence-corrected chi connectivity index (χ3v) is 6.18. The number of benzene rings is 3. The summed E-state index contributed by atoms with van der Waals surface area (Å²) in [6.45, 7) is 7.16. The standard InChI is InChI=1S/C30H37NO3/c1-30(2,23-33-29(25-14-8-4-9-15-25)26-16-10-5-11-17-26)31-19-18-27-21-32-22-28(34-27)20-24-12-6-3-7-13-24/h3-17,27-29,31H,18-23H2,1-2H3. The zero-order chi connectivity index (χ0) is 23.6. The third-order valence-electron chi connectivity index (χ3n) is 6.18. The number of hydrogen-bond donors (Lipinski definition) is 1. The van der Waals surface area contributed by atoms with Gasteiger partial charge in [0.05, 0.1) is 32.0 Å². The fourth-order valence-electron chi connectivity index (χ4n) is 4.37. The van der Waals surface area contributed by atoms with Crippen molar-refractivity contribution >= 4 is 0 Å². The monoisotopic (exact) mass is 459 g/mol. The van der Waals surface area contributed by atoms with E-state index in [0.29, 0.717) is 19.8 Å². The van der Waals surface area contributed by atoms with Crippen LogP contribution in [-0.4, -0.2) is 44.1 Å². The lowest BCUT2D eigenvalue weighted by Crippen LogP contribution is -2.46. The molecule has 1 aliphatic rings. The molecular formula is C30H37NO3. The number of ether oxygens (including phenoxy) is 3. The van der Waals surface area contributed by atoms with Crippen LogP contribution in [0.5, 0.6) is 0 Å². The average Bonchev–Trinajstić information content (AvgIpc) is 2.86. The van der Waals surface area contributed by atoms with Crippen molar-refractivity contribution in [3.05, 3.63) is 108 Å². The first kappa shape index (κ1) is 24.6. The molecule has 2 atom stereocenters. The fourth-order valence-corrected chi connectivity index (χ4v) is 4.37. The van der Waals surface area contributed by atoms with Gasteiger partial charge in [0, 0.05) is 12.0 Å². The van der Waals surface area contributed by atoms with Gasteiger partial charge in [-0.1, -0.05) is 91.0 Å². The Morgan fingerprint density at radius 2 is 1.38 bits per heavy atom. The van der Waals surface area contributed by atoms with Crippen LogP contribution < -0.4 is 5.32 Å². The molecule has 0 amide bonds. The molecule has 34 heavy (non-hydrogen) atoms. The van der Waals surface area contributed by atoms with E-state index in [1.807, 2.05) is 18.2 Å². The van der Waals surface area contributed by atoms with Gasteiger partial charge in [-0.25, -0.2) is 0 Å². The van der Waals surface area contributed by atoms with E-state index in [1.165, 1.54) is 16.7 Å². The van der Waals surface area contributed by atoms with Gasteiger partial charge in [-0.3, -0.25) is 0 Å². The lowest BCUT2D eigenvalue weighted by atomic mass is 10.0. The van der Waals surface area contributed by atoms with Gasteiger partial charge in [-0.2, -0.15) is 0 Å². The highest BCUT2D eigenvalue weighted by atomic mass is 16.6. The minimum Gasteiger partial charge on any atom is -0.376 e. The van der Waals surface area contributed by atoms with Crippen molar-refractivity contribution in [1.82, 2.24) is 5.32 Å². The van der Waals surface area contributed by atoms with Crippen molar-refractivity contribution in [1.29, 1.82) is 0 Å². The highest BCUT2D eigenvalue weighted by molar-refractivity contribution is 5.30. The minimum absolute atomic E-state index is 0.0858. The van der Waals surface area contributed by atoms with Gasteiger partial charge in [0.25, 0.3) is 0 Å². The number of hydrogen-bond acceptors (Lipinski definition) is 4. The van der Waals surface area contributed by atoms with E-state index in [2.05, 4.69) is 92.0 Å². The topological polar surface area (TPSA) is 39.7 Å². The summed E-state index contributed by atoms with van der Waals surface area (Å²) in [5, 5.41) is 3.67. The summed E-state index contributed by atoms with van der Waals surface area (Å²) in [7, 11) is 0. The quantitative estimate of drug-likeness (QED) is 0.406. The highest BCUT2D eigenvalue weighted by Crippen LogP contribution is 2.27. The van der Waals surface area contributed by atoms with Gasteiger partial charge in [0.1, 0.15) is 6.10 Å². The molecule has 0 saturated carbocycles. The number of rotatable bonds is 11. The molecule has 1 N–H and O–H groups in total. The predicted octanol–water partition coefficient (Wildman–Crippen LogP) is 5.58. The van der Waals surface area contributed by atoms with Gasteiger partial charge in [0.2, 0.25) is 0 Å². The summed E-state index contributed by atoms with van der Waals surface area (Å²) in [6, 6.07) is 31.3. The summed E-state index contributed by atoms with van der Waals surface area (Å²) in [4.78, 5) is 0. The Bertz CT molecular complexity index is 923. The first-order valence-electron chi connectivity index (χ1n) is 12.3. The van der Waals surface area contributed by atoms with Crippen molar-refractivity contribution in [2.24, 2.45) is 0 Å². The molecule has 0 aliphatic carbocycles. The molecule has 0 spiro atoms. The summed E-state index contributed by atoms with van der Waals surface area (Å²) < 4.78 is 18.7. The molecule has 4 nitrogen and oxygen atoms in total. The molecular weight excluding hydrogens is 422 g/mol. The second kappa shape index (κ2) is 12.3. The van der Waals surface area contributed by atoms with Crippen LogP contribution in [-0.2, 0) is 20.6 Å². The Hall–Kier alpha value is -2.50. The first-order valence-corrected chi connectivity index (χ1v) is 12.3. The van der Waals surface area contributed by atoms with Crippen LogP contribution >= 0.6 is 0 Å². The van der Waals surface area contributed by atoms with Crippen molar-refractivity contribution in [2.45, 2.75) is 50.5 Å². The zero-order valence-corrected chi connectivity index (χ0v) is 20.4. The molecule has 1 fully saturated rings. The van der Waals surface area contributed by atoms with Gasteiger partial charge in [-0.15, -0.1) is 0 Å². The molecule has 4 heteroatoms. The largest absolute Gasteiger partial charge is 0.376 e. The first-order chi connectivity index (χ1) is 16.6. The van der Waals surface area contributed by atoms with Crippen LogP contribution in [0.2, 0.25) is 0 Å².